The van der Waals surface area contributed by atoms with Gasteiger partial charge in [0.2, 0.25) is 10.0 Å². The maximum atomic E-state index is 13.2. The number of anilines is 1. The smallest absolute Gasteiger partial charge is 0.317 e. The number of rotatable bonds is 5. The van der Waals surface area contributed by atoms with Gasteiger partial charge in [-0.25, -0.2) is 13.2 Å². The Morgan fingerprint density at radius 3 is 2.58 bits per heavy atom. The van der Waals surface area contributed by atoms with Crippen LogP contribution in [0.5, 0.6) is 5.75 Å². The fraction of sp³-hybridized carbons (Fsp3) is 0.636. The van der Waals surface area contributed by atoms with Gasteiger partial charge in [-0.3, -0.25) is 9.52 Å². The van der Waals surface area contributed by atoms with Crippen LogP contribution in [0.15, 0.2) is 18.2 Å². The molecule has 0 spiro atoms. The van der Waals surface area contributed by atoms with Crippen molar-refractivity contribution < 1.29 is 27.5 Å². The minimum Gasteiger partial charge on any atom is -0.491 e. The van der Waals surface area contributed by atoms with Crippen LogP contribution in [0.4, 0.5) is 10.5 Å². The zero-order valence-corrected chi connectivity index (χ0v) is 21.1. The summed E-state index contributed by atoms with van der Waals surface area (Å²) in [7, 11) is -0.276. The number of ether oxygens (including phenoxy) is 2. The molecule has 0 unspecified atom stereocenters. The number of urea groups is 1. The number of likely N-dealkylation sites (N-methyl/N-ethyl adjacent to an activating group) is 1. The third kappa shape index (κ3) is 7.50. The molecule has 11 heteroatoms. The predicted molar refractivity (Wildman–Crippen MR) is 127 cm³/mol. The molecule has 0 bridgehead atoms. The van der Waals surface area contributed by atoms with E-state index in [2.05, 4.69) is 10.0 Å². The summed E-state index contributed by atoms with van der Waals surface area (Å²) in [4.78, 5) is 29.4. The molecule has 3 amide bonds. The van der Waals surface area contributed by atoms with E-state index >= 15 is 0 Å². The van der Waals surface area contributed by atoms with Gasteiger partial charge in [-0.05, 0) is 31.5 Å². The van der Waals surface area contributed by atoms with Crippen molar-refractivity contribution in [3.63, 3.8) is 0 Å². The first-order valence-corrected chi connectivity index (χ1v) is 12.9. The molecule has 1 aliphatic heterocycles. The first kappa shape index (κ1) is 26.7. The minimum atomic E-state index is -3.51. The molecule has 10 nitrogen and oxygen atoms in total. The van der Waals surface area contributed by atoms with Gasteiger partial charge in [-0.1, -0.05) is 13.8 Å². The molecule has 1 aliphatic rings. The van der Waals surface area contributed by atoms with Crippen molar-refractivity contribution in [3.8, 4) is 5.75 Å². The van der Waals surface area contributed by atoms with Gasteiger partial charge in [-0.15, -0.1) is 0 Å². The Morgan fingerprint density at radius 1 is 1.27 bits per heavy atom. The monoisotopic (exact) mass is 484 g/mol. The third-order valence-electron chi connectivity index (χ3n) is 5.54. The molecule has 0 saturated heterocycles. The molecule has 33 heavy (non-hydrogen) atoms. The molecular weight excluding hydrogens is 448 g/mol. The normalized spacial score (nSPS) is 22.5. The number of fused-ring (bicyclic) bond motifs is 1. The molecule has 1 heterocycles. The predicted octanol–water partition coefficient (Wildman–Crippen LogP) is 1.98. The number of carbonyl (C=O) groups excluding carboxylic acids is 2. The highest BCUT2D eigenvalue weighted by Gasteiger charge is 2.30. The lowest BCUT2D eigenvalue weighted by Gasteiger charge is -2.36. The second kappa shape index (κ2) is 11.6. The summed E-state index contributed by atoms with van der Waals surface area (Å²) < 4.78 is 37.4. The van der Waals surface area contributed by atoms with Gasteiger partial charge in [0.05, 0.1) is 24.0 Å². The first-order chi connectivity index (χ1) is 15.5. The van der Waals surface area contributed by atoms with Crippen LogP contribution < -0.4 is 14.8 Å². The molecule has 0 aromatic heterocycles. The molecule has 1 aromatic carbocycles. The summed E-state index contributed by atoms with van der Waals surface area (Å²) >= 11 is 0. The average Bonchev–Trinajstić information content (AvgIpc) is 2.75. The van der Waals surface area contributed by atoms with E-state index < -0.39 is 10.0 Å². The summed E-state index contributed by atoms with van der Waals surface area (Å²) in [5, 5.41) is 2.92. The van der Waals surface area contributed by atoms with Crippen molar-refractivity contribution >= 4 is 27.6 Å². The van der Waals surface area contributed by atoms with E-state index in [4.69, 9.17) is 9.47 Å². The molecule has 0 aliphatic carbocycles. The molecule has 1 aromatic rings. The van der Waals surface area contributed by atoms with Crippen molar-refractivity contribution in [1.29, 1.82) is 0 Å². The summed E-state index contributed by atoms with van der Waals surface area (Å²) in [6, 6.07) is 4.10. The number of amides is 3. The lowest BCUT2D eigenvalue weighted by molar-refractivity contribution is 0.0166. The molecule has 2 rings (SSSR count). The van der Waals surface area contributed by atoms with Crippen LogP contribution >= 0.6 is 0 Å². The number of carbonyl (C=O) groups is 2. The number of sulfonamides is 1. The van der Waals surface area contributed by atoms with Gasteiger partial charge < -0.3 is 24.6 Å². The topological polar surface area (TPSA) is 117 Å². The van der Waals surface area contributed by atoms with Crippen molar-refractivity contribution in [1.82, 2.24) is 15.1 Å². The number of nitrogens with zero attached hydrogens (tertiary/aromatic N) is 2. The largest absolute Gasteiger partial charge is 0.491 e. The number of hydrogen-bond acceptors (Lipinski definition) is 6. The van der Waals surface area contributed by atoms with Gasteiger partial charge in [0.25, 0.3) is 5.91 Å². The Balaban J connectivity index is 2.45. The Bertz CT molecular complexity index is 939. The summed E-state index contributed by atoms with van der Waals surface area (Å²) in [6.07, 6.45) is 1.56. The van der Waals surface area contributed by atoms with Gasteiger partial charge in [0.1, 0.15) is 12.4 Å². The second-order valence-electron chi connectivity index (χ2n) is 8.57. The summed E-state index contributed by atoms with van der Waals surface area (Å²) in [5.74, 6) is -0.0614. The lowest BCUT2D eigenvalue weighted by atomic mass is 10.0. The molecule has 186 valence electrons. The number of benzene rings is 1. The maximum Gasteiger partial charge on any atom is 0.317 e. The molecule has 0 fully saturated rings. The molecule has 0 saturated carbocycles. The first-order valence-electron chi connectivity index (χ1n) is 11.0. The van der Waals surface area contributed by atoms with Crippen LogP contribution in [0, 0.1) is 5.92 Å². The van der Waals surface area contributed by atoms with Crippen molar-refractivity contribution in [3.05, 3.63) is 23.8 Å². The van der Waals surface area contributed by atoms with Crippen LogP contribution in [-0.2, 0) is 14.8 Å². The van der Waals surface area contributed by atoms with Crippen LogP contribution in [-0.4, -0.2) is 89.0 Å². The Labute approximate surface area is 196 Å². The Kier molecular flexibility index (Phi) is 9.35. The van der Waals surface area contributed by atoms with E-state index in [9.17, 15) is 18.0 Å². The van der Waals surface area contributed by atoms with Gasteiger partial charge in [-0.2, -0.15) is 0 Å². The average molecular weight is 485 g/mol. The van der Waals surface area contributed by atoms with E-state index in [1.165, 1.54) is 17.0 Å². The van der Waals surface area contributed by atoms with Crippen molar-refractivity contribution in [2.75, 3.05) is 51.4 Å². The highest BCUT2D eigenvalue weighted by Crippen LogP contribution is 2.26. The zero-order valence-electron chi connectivity index (χ0n) is 20.3. The highest BCUT2D eigenvalue weighted by atomic mass is 32.2. The summed E-state index contributed by atoms with van der Waals surface area (Å²) in [6.45, 7) is 7.31. The number of nitrogens with one attached hydrogen (secondary N) is 2. The van der Waals surface area contributed by atoms with Gasteiger partial charge in [0, 0.05) is 45.4 Å². The fourth-order valence-corrected chi connectivity index (χ4v) is 4.23. The van der Waals surface area contributed by atoms with Gasteiger partial charge >= 0.3 is 6.03 Å². The molecule has 3 atom stereocenters. The Morgan fingerprint density at radius 2 is 1.97 bits per heavy atom. The standard InChI is InChI=1S/C22H36N4O6S/c1-7-10-23-22(28)26-12-15(2)20(31-5)13-25(4)21(27)18-11-17(24-33(6,29)30)8-9-19(18)32-14-16(26)3/h8-9,11,15-16,20,24H,7,10,12-14H2,1-6H3,(H,23,28)/t15-,16-,20+/m1/s1. The van der Waals surface area contributed by atoms with E-state index in [1.807, 2.05) is 20.8 Å². The quantitative estimate of drug-likeness (QED) is 0.660. The molecule has 2 N–H and O–H groups in total. The molecular formula is C22H36N4O6S. The van der Waals surface area contributed by atoms with E-state index in [0.717, 1.165) is 12.7 Å². The van der Waals surface area contributed by atoms with Crippen molar-refractivity contribution in [2.24, 2.45) is 5.92 Å². The highest BCUT2D eigenvalue weighted by molar-refractivity contribution is 7.92. The van der Waals surface area contributed by atoms with Crippen LogP contribution in [0.2, 0.25) is 0 Å². The van der Waals surface area contributed by atoms with Crippen LogP contribution in [0.25, 0.3) is 0 Å². The van der Waals surface area contributed by atoms with Crippen LogP contribution in [0.3, 0.4) is 0 Å². The van der Waals surface area contributed by atoms with E-state index in [-0.39, 0.29) is 47.9 Å². The number of methoxy groups -OCH3 is 1. The third-order valence-corrected chi connectivity index (χ3v) is 6.14. The molecule has 0 radical (unpaired) electrons. The fourth-order valence-electron chi connectivity index (χ4n) is 3.67. The number of hydrogen-bond donors (Lipinski definition) is 2. The van der Waals surface area contributed by atoms with E-state index in [1.54, 1.807) is 25.1 Å². The van der Waals surface area contributed by atoms with Gasteiger partial charge in [0.15, 0.2) is 0 Å². The Hall–Kier alpha value is -2.53. The summed E-state index contributed by atoms with van der Waals surface area (Å²) in [5.41, 5.74) is 0.488. The van der Waals surface area contributed by atoms with Crippen molar-refractivity contribution in [2.45, 2.75) is 39.3 Å². The lowest BCUT2D eigenvalue weighted by Crippen LogP contribution is -2.51. The maximum absolute atomic E-state index is 13.2. The van der Waals surface area contributed by atoms with E-state index in [0.29, 0.717) is 25.4 Å². The van der Waals surface area contributed by atoms with Crippen LogP contribution in [0.1, 0.15) is 37.6 Å². The minimum absolute atomic E-state index is 0.0581. The SMILES string of the molecule is CCCNC(=O)N1C[C@@H](C)[C@@H](OC)CN(C)C(=O)c2cc(NS(C)(=O)=O)ccc2OC[C@H]1C. The zero-order chi connectivity index (χ0) is 24.8. The second-order valence-corrected chi connectivity index (χ2v) is 10.3.